The van der Waals surface area contributed by atoms with Crippen molar-refractivity contribution in [1.82, 2.24) is 19.8 Å². The van der Waals surface area contributed by atoms with Crippen LogP contribution in [0, 0.1) is 0 Å². The number of nitrogen functional groups attached to an aromatic ring is 1. The molecular formula is C24H35N7O2. The fraction of sp³-hybridized carbons (Fsp3) is 0.542. The Balaban J connectivity index is 1.49. The second kappa shape index (κ2) is 10.4. The van der Waals surface area contributed by atoms with Crippen molar-refractivity contribution in [2.24, 2.45) is 0 Å². The van der Waals surface area contributed by atoms with E-state index in [0.717, 1.165) is 38.0 Å². The molecule has 1 amide bonds. The van der Waals surface area contributed by atoms with E-state index in [9.17, 15) is 4.79 Å². The molecule has 9 nitrogen and oxygen atoms in total. The molecule has 3 N–H and O–H groups in total. The molecule has 0 unspecified atom stereocenters. The van der Waals surface area contributed by atoms with Gasteiger partial charge in [0.25, 0.3) is 0 Å². The Morgan fingerprint density at radius 3 is 2.76 bits per heavy atom. The predicted octanol–water partition coefficient (Wildman–Crippen LogP) is 2.33. The van der Waals surface area contributed by atoms with Gasteiger partial charge in [-0.1, -0.05) is 37.6 Å². The number of hydrogen-bond donors (Lipinski definition) is 2. The number of ether oxygens (including phenoxy) is 1. The van der Waals surface area contributed by atoms with Crippen molar-refractivity contribution in [1.29, 1.82) is 0 Å². The zero-order chi connectivity index (χ0) is 23.4. The van der Waals surface area contributed by atoms with Crippen LogP contribution in [0.2, 0.25) is 0 Å². The van der Waals surface area contributed by atoms with Crippen molar-refractivity contribution in [2.45, 2.75) is 45.3 Å². The van der Waals surface area contributed by atoms with Gasteiger partial charge in [0.05, 0.1) is 13.2 Å². The molecule has 1 saturated heterocycles. The van der Waals surface area contributed by atoms with Crippen molar-refractivity contribution >= 4 is 23.2 Å². The van der Waals surface area contributed by atoms with Gasteiger partial charge in [-0.3, -0.25) is 9.69 Å². The third-order valence-electron chi connectivity index (χ3n) is 6.27. The lowest BCUT2D eigenvalue weighted by atomic mass is 10.1. The minimum Gasteiger partial charge on any atom is -0.463 e. The Morgan fingerprint density at radius 1 is 1.24 bits per heavy atom. The summed E-state index contributed by atoms with van der Waals surface area (Å²) < 4.78 is 5.69. The first kappa shape index (κ1) is 23.3. The number of rotatable bonds is 9. The molecule has 9 heteroatoms. The summed E-state index contributed by atoms with van der Waals surface area (Å²) in [4.78, 5) is 27.9. The van der Waals surface area contributed by atoms with Crippen LogP contribution in [0.15, 0.2) is 24.3 Å². The highest BCUT2D eigenvalue weighted by Crippen LogP contribution is 2.34. The largest absolute Gasteiger partial charge is 0.463 e. The minimum absolute atomic E-state index is 0.125. The highest BCUT2D eigenvalue weighted by Gasteiger charge is 2.28. The van der Waals surface area contributed by atoms with E-state index in [1.807, 2.05) is 4.90 Å². The lowest BCUT2D eigenvalue weighted by Crippen LogP contribution is -2.39. The predicted molar refractivity (Wildman–Crippen MR) is 130 cm³/mol. The van der Waals surface area contributed by atoms with Crippen LogP contribution in [0.4, 0.5) is 17.3 Å². The maximum absolute atomic E-state index is 12.4. The minimum atomic E-state index is -0.125. The Labute approximate surface area is 195 Å². The molecule has 4 rings (SSSR count). The summed E-state index contributed by atoms with van der Waals surface area (Å²) in [5.41, 5.74) is 8.99. The molecule has 2 aliphatic heterocycles. The second-order valence-corrected chi connectivity index (χ2v) is 9.16. The number of unbranched alkanes of at least 4 members (excludes halogenated alkanes) is 1. The number of likely N-dealkylation sites (tertiary alicyclic amines) is 1. The van der Waals surface area contributed by atoms with E-state index in [1.165, 1.54) is 12.0 Å². The summed E-state index contributed by atoms with van der Waals surface area (Å²) in [5, 5.41) is 2.81. The molecule has 3 heterocycles. The molecule has 178 valence electrons. The molecule has 0 radical (unpaired) electrons. The van der Waals surface area contributed by atoms with E-state index < -0.39 is 0 Å². The number of benzene rings is 1. The lowest BCUT2D eigenvalue weighted by molar-refractivity contribution is -0.115. The zero-order valence-corrected chi connectivity index (χ0v) is 19.9. The lowest BCUT2D eigenvalue weighted by Gasteiger charge is -2.30. The van der Waals surface area contributed by atoms with E-state index in [4.69, 9.17) is 10.5 Å². The summed E-state index contributed by atoms with van der Waals surface area (Å²) >= 11 is 0. The topological polar surface area (TPSA) is 99.8 Å². The normalized spacial score (nSPS) is 18.5. The number of likely N-dealkylation sites (N-methyl/N-ethyl adjacent to an activating group) is 1. The number of nitrogens with one attached hydrogen (secondary N) is 1. The number of aromatic nitrogens is 2. The van der Waals surface area contributed by atoms with Crippen molar-refractivity contribution < 1.29 is 9.53 Å². The van der Waals surface area contributed by atoms with Crippen LogP contribution >= 0.6 is 0 Å². The number of carbonyl (C=O) groups excluding carboxylic acids is 1. The van der Waals surface area contributed by atoms with Gasteiger partial charge in [-0.05, 0) is 38.1 Å². The van der Waals surface area contributed by atoms with Gasteiger partial charge in [-0.15, -0.1) is 0 Å². The molecule has 0 aliphatic carbocycles. The van der Waals surface area contributed by atoms with E-state index in [1.54, 1.807) is 0 Å². The Hall–Kier alpha value is -2.91. The molecule has 0 spiro atoms. The van der Waals surface area contributed by atoms with Crippen LogP contribution in [-0.2, 0) is 17.9 Å². The molecule has 2 aliphatic rings. The smallest absolute Gasteiger partial charge is 0.320 e. The Kier molecular flexibility index (Phi) is 7.29. The number of hydrogen-bond acceptors (Lipinski definition) is 8. The van der Waals surface area contributed by atoms with Crippen LogP contribution in [0.25, 0.3) is 0 Å². The number of carbonyl (C=O) groups is 1. The van der Waals surface area contributed by atoms with Gasteiger partial charge in [0, 0.05) is 32.2 Å². The third kappa shape index (κ3) is 5.72. The second-order valence-electron chi connectivity index (χ2n) is 9.16. The number of anilines is 3. The maximum atomic E-state index is 12.4. The molecule has 1 atom stereocenters. The van der Waals surface area contributed by atoms with Gasteiger partial charge in [0.1, 0.15) is 5.69 Å². The van der Waals surface area contributed by atoms with Crippen LogP contribution in [0.1, 0.15) is 37.3 Å². The molecule has 1 fully saturated rings. The fourth-order valence-corrected chi connectivity index (χ4v) is 4.41. The monoisotopic (exact) mass is 453 g/mol. The molecule has 2 aromatic rings. The molecule has 0 saturated carbocycles. The van der Waals surface area contributed by atoms with Crippen LogP contribution in [0.5, 0.6) is 6.01 Å². The number of nitrogens with zero attached hydrogens (tertiary/aromatic N) is 5. The average Bonchev–Trinajstić information content (AvgIpc) is 3.24. The van der Waals surface area contributed by atoms with Crippen LogP contribution < -0.4 is 20.7 Å². The molecular weight excluding hydrogens is 418 g/mol. The molecule has 1 aromatic carbocycles. The van der Waals surface area contributed by atoms with Gasteiger partial charge in [0.15, 0.2) is 11.6 Å². The summed E-state index contributed by atoms with van der Waals surface area (Å²) in [7, 11) is 4.30. The first-order valence-corrected chi connectivity index (χ1v) is 11.7. The summed E-state index contributed by atoms with van der Waals surface area (Å²) in [6, 6.07) is 9.44. The van der Waals surface area contributed by atoms with Gasteiger partial charge >= 0.3 is 6.01 Å². The number of amides is 1. The van der Waals surface area contributed by atoms with Gasteiger partial charge in [-0.25, -0.2) is 0 Å². The summed E-state index contributed by atoms with van der Waals surface area (Å²) in [5.74, 6) is 0.704. The van der Waals surface area contributed by atoms with Crippen molar-refractivity contribution in [3.05, 3.63) is 35.4 Å². The Bertz CT molecular complexity index is 981. The third-order valence-corrected chi connectivity index (χ3v) is 6.27. The maximum Gasteiger partial charge on any atom is 0.320 e. The van der Waals surface area contributed by atoms with E-state index in [0.29, 0.717) is 30.7 Å². The standard InChI is InChI=1S/C24H35N7O2/c1-4-5-11-33-24-27-22(25)21-23(28-24)31(16-20(32)26-21)14-18-8-6-7-17(12-18)13-30-10-9-19(15-30)29(2)3/h6-8,12,19H,4-5,9-11,13-16H2,1-3H3,(H,26,32)(H2,25,27,28)/t19-/m0/s1. The molecule has 1 aromatic heterocycles. The summed E-state index contributed by atoms with van der Waals surface area (Å²) in [6.07, 6.45) is 3.14. The van der Waals surface area contributed by atoms with E-state index in [2.05, 4.69) is 70.4 Å². The quantitative estimate of drug-likeness (QED) is 0.558. The fourth-order valence-electron chi connectivity index (χ4n) is 4.41. The van der Waals surface area contributed by atoms with Crippen molar-refractivity contribution in [3.63, 3.8) is 0 Å². The highest BCUT2D eigenvalue weighted by atomic mass is 16.5. The van der Waals surface area contributed by atoms with Crippen LogP contribution in [0.3, 0.4) is 0 Å². The highest BCUT2D eigenvalue weighted by molar-refractivity contribution is 6.03. The van der Waals surface area contributed by atoms with Crippen molar-refractivity contribution in [3.8, 4) is 6.01 Å². The molecule has 0 bridgehead atoms. The van der Waals surface area contributed by atoms with E-state index >= 15 is 0 Å². The first-order valence-electron chi connectivity index (χ1n) is 11.7. The van der Waals surface area contributed by atoms with Crippen LogP contribution in [-0.4, -0.2) is 72.1 Å². The summed E-state index contributed by atoms with van der Waals surface area (Å²) in [6.45, 7) is 6.53. The van der Waals surface area contributed by atoms with Crippen molar-refractivity contribution in [2.75, 3.05) is 56.3 Å². The number of fused-ring (bicyclic) bond motifs is 1. The van der Waals surface area contributed by atoms with Gasteiger partial charge in [0.2, 0.25) is 5.91 Å². The SMILES string of the molecule is CCCCOc1nc(N)c2c(n1)N(Cc1cccc(CN3CC[C@H](N(C)C)C3)c1)CC(=O)N2. The van der Waals surface area contributed by atoms with Gasteiger partial charge in [-0.2, -0.15) is 9.97 Å². The van der Waals surface area contributed by atoms with Gasteiger partial charge < -0.3 is 25.6 Å². The first-order chi connectivity index (χ1) is 15.9. The zero-order valence-electron chi connectivity index (χ0n) is 19.9. The number of nitrogens with two attached hydrogens (primary N) is 1. The van der Waals surface area contributed by atoms with E-state index in [-0.39, 0.29) is 24.3 Å². The Morgan fingerprint density at radius 2 is 2.03 bits per heavy atom. The molecule has 33 heavy (non-hydrogen) atoms. The average molecular weight is 454 g/mol.